The molecule has 0 spiro atoms. The van der Waals surface area contributed by atoms with Crippen molar-refractivity contribution in [1.29, 1.82) is 0 Å². The van der Waals surface area contributed by atoms with Crippen molar-refractivity contribution in [3.05, 3.63) is 40.4 Å². The third kappa shape index (κ3) is 3.73. The number of carbonyl (C=O) groups excluding carboxylic acids is 3. The zero-order chi connectivity index (χ0) is 18.7. The molecule has 3 rings (SSSR count). The highest BCUT2D eigenvalue weighted by Crippen LogP contribution is 2.26. The number of thiazole rings is 1. The number of aryl methyl sites for hydroxylation is 1. The number of ether oxygens (including phenoxy) is 1. The van der Waals surface area contributed by atoms with Crippen molar-refractivity contribution < 1.29 is 19.1 Å². The number of rotatable bonds is 6. The molecule has 0 saturated carbocycles. The van der Waals surface area contributed by atoms with Gasteiger partial charge in [0.1, 0.15) is 0 Å². The summed E-state index contributed by atoms with van der Waals surface area (Å²) >= 11 is 1.32. The molecule has 1 aromatic carbocycles. The van der Waals surface area contributed by atoms with Gasteiger partial charge in [-0.3, -0.25) is 19.8 Å². The van der Waals surface area contributed by atoms with Crippen molar-refractivity contribution in [2.75, 3.05) is 30.9 Å². The third-order valence-corrected chi connectivity index (χ3v) is 4.67. The Bertz CT molecular complexity index is 864. The van der Waals surface area contributed by atoms with E-state index < -0.39 is 6.03 Å². The molecule has 1 aromatic heterocycles. The SMILES string of the molecule is COCCCN1C(=O)c2ccc(NC(=O)Nc3nc(C)cs3)cc2C1=O. The zero-order valence-electron chi connectivity index (χ0n) is 14.4. The normalized spacial score (nSPS) is 13.1. The molecule has 0 aliphatic carbocycles. The van der Waals surface area contributed by atoms with Crippen LogP contribution in [-0.4, -0.2) is 48.0 Å². The minimum absolute atomic E-state index is 0.287. The van der Waals surface area contributed by atoms with Gasteiger partial charge in [-0.2, -0.15) is 0 Å². The molecule has 2 heterocycles. The summed E-state index contributed by atoms with van der Waals surface area (Å²) in [6, 6.07) is 4.19. The minimum Gasteiger partial charge on any atom is -0.385 e. The molecule has 1 aliphatic heterocycles. The van der Waals surface area contributed by atoms with E-state index in [0.29, 0.717) is 36.0 Å². The van der Waals surface area contributed by atoms with Gasteiger partial charge in [-0.15, -0.1) is 11.3 Å². The standard InChI is InChI=1S/C17H18N4O4S/c1-10-9-26-17(18-10)20-16(24)19-11-4-5-12-13(8-11)15(23)21(14(12)22)6-3-7-25-2/h4-5,8-9H,3,6-7H2,1-2H3,(H2,18,19,20,24). The molecule has 0 atom stereocenters. The van der Waals surface area contributed by atoms with E-state index in [0.717, 1.165) is 5.69 Å². The quantitative estimate of drug-likeness (QED) is 0.598. The summed E-state index contributed by atoms with van der Waals surface area (Å²) in [7, 11) is 1.57. The van der Waals surface area contributed by atoms with Crippen LogP contribution in [0.5, 0.6) is 0 Å². The Morgan fingerprint density at radius 1 is 1.23 bits per heavy atom. The van der Waals surface area contributed by atoms with Crippen molar-refractivity contribution in [2.45, 2.75) is 13.3 Å². The minimum atomic E-state index is -0.465. The summed E-state index contributed by atoms with van der Waals surface area (Å²) in [6.07, 6.45) is 0.572. The van der Waals surface area contributed by atoms with Crippen LogP contribution in [0.3, 0.4) is 0 Å². The van der Waals surface area contributed by atoms with Gasteiger partial charge >= 0.3 is 6.03 Å². The monoisotopic (exact) mass is 374 g/mol. The van der Waals surface area contributed by atoms with Crippen LogP contribution in [-0.2, 0) is 4.74 Å². The largest absolute Gasteiger partial charge is 0.385 e. The maximum atomic E-state index is 12.5. The predicted molar refractivity (Wildman–Crippen MR) is 97.8 cm³/mol. The Hall–Kier alpha value is -2.78. The molecular weight excluding hydrogens is 356 g/mol. The lowest BCUT2D eigenvalue weighted by molar-refractivity contribution is 0.0638. The first kappa shape index (κ1) is 18.0. The second kappa shape index (κ2) is 7.63. The predicted octanol–water partition coefficient (Wildman–Crippen LogP) is 2.73. The van der Waals surface area contributed by atoms with E-state index in [1.165, 1.54) is 22.3 Å². The highest BCUT2D eigenvalue weighted by atomic mass is 32.1. The summed E-state index contributed by atoms with van der Waals surface area (Å²) in [6.45, 7) is 2.60. The van der Waals surface area contributed by atoms with Gasteiger partial charge in [0.05, 0.1) is 16.8 Å². The Balaban J connectivity index is 1.69. The molecule has 2 N–H and O–H groups in total. The maximum Gasteiger partial charge on any atom is 0.325 e. The maximum absolute atomic E-state index is 12.5. The summed E-state index contributed by atoms with van der Waals surface area (Å²) in [5.41, 5.74) is 1.87. The molecule has 8 nitrogen and oxygen atoms in total. The molecule has 0 radical (unpaired) electrons. The van der Waals surface area contributed by atoms with E-state index in [9.17, 15) is 14.4 Å². The van der Waals surface area contributed by atoms with Crippen LogP contribution < -0.4 is 10.6 Å². The fraction of sp³-hybridized carbons (Fsp3) is 0.294. The van der Waals surface area contributed by atoms with Gasteiger partial charge in [-0.05, 0) is 31.5 Å². The van der Waals surface area contributed by atoms with Crippen molar-refractivity contribution in [3.8, 4) is 0 Å². The number of aromatic nitrogens is 1. The zero-order valence-corrected chi connectivity index (χ0v) is 15.2. The number of hydrogen-bond donors (Lipinski definition) is 2. The Labute approximate surface area is 154 Å². The lowest BCUT2D eigenvalue weighted by Crippen LogP contribution is -2.31. The van der Waals surface area contributed by atoms with E-state index in [-0.39, 0.29) is 17.4 Å². The van der Waals surface area contributed by atoms with Crippen LogP contribution in [0.2, 0.25) is 0 Å². The average Bonchev–Trinajstić information content (AvgIpc) is 3.11. The number of anilines is 2. The lowest BCUT2D eigenvalue weighted by atomic mass is 10.1. The van der Waals surface area contributed by atoms with E-state index in [1.807, 2.05) is 12.3 Å². The van der Waals surface area contributed by atoms with Crippen molar-refractivity contribution in [2.24, 2.45) is 0 Å². The molecule has 1 aliphatic rings. The van der Waals surface area contributed by atoms with Gasteiger partial charge < -0.3 is 10.1 Å². The molecule has 0 fully saturated rings. The second-order valence-electron chi connectivity index (χ2n) is 5.74. The van der Waals surface area contributed by atoms with Gasteiger partial charge in [0, 0.05) is 31.3 Å². The topological polar surface area (TPSA) is 101 Å². The van der Waals surface area contributed by atoms with E-state index in [2.05, 4.69) is 15.6 Å². The Morgan fingerprint density at radius 2 is 2.00 bits per heavy atom. The van der Waals surface area contributed by atoms with Crippen LogP contribution in [0.4, 0.5) is 15.6 Å². The molecule has 0 saturated heterocycles. The fourth-order valence-corrected chi connectivity index (χ4v) is 3.29. The summed E-state index contributed by atoms with van der Waals surface area (Å²) < 4.78 is 4.95. The van der Waals surface area contributed by atoms with Gasteiger partial charge in [0.25, 0.3) is 11.8 Å². The average molecular weight is 374 g/mol. The third-order valence-electron chi connectivity index (χ3n) is 3.80. The summed E-state index contributed by atoms with van der Waals surface area (Å²) in [4.78, 5) is 42.2. The van der Waals surface area contributed by atoms with Crippen molar-refractivity contribution in [3.63, 3.8) is 0 Å². The number of benzene rings is 1. The van der Waals surface area contributed by atoms with Gasteiger partial charge in [0.15, 0.2) is 5.13 Å². The number of nitrogens with one attached hydrogen (secondary N) is 2. The molecule has 4 amide bonds. The number of hydrogen-bond acceptors (Lipinski definition) is 6. The van der Waals surface area contributed by atoms with Crippen LogP contribution in [0.25, 0.3) is 0 Å². The molecule has 26 heavy (non-hydrogen) atoms. The number of imide groups is 1. The first-order valence-corrected chi connectivity index (χ1v) is 8.87. The van der Waals surface area contributed by atoms with Crippen LogP contribution in [0.15, 0.2) is 23.6 Å². The van der Waals surface area contributed by atoms with Crippen LogP contribution >= 0.6 is 11.3 Å². The number of carbonyl (C=O) groups is 3. The van der Waals surface area contributed by atoms with Crippen molar-refractivity contribution in [1.82, 2.24) is 9.88 Å². The molecule has 0 unspecified atom stereocenters. The number of urea groups is 1. The first-order chi connectivity index (χ1) is 12.5. The van der Waals surface area contributed by atoms with E-state index >= 15 is 0 Å². The highest BCUT2D eigenvalue weighted by Gasteiger charge is 2.35. The highest BCUT2D eigenvalue weighted by molar-refractivity contribution is 7.13. The Morgan fingerprint density at radius 3 is 2.69 bits per heavy atom. The smallest absolute Gasteiger partial charge is 0.325 e. The number of methoxy groups -OCH3 is 1. The number of fused-ring (bicyclic) bond motifs is 1. The van der Waals surface area contributed by atoms with E-state index in [4.69, 9.17) is 4.74 Å². The molecular formula is C17H18N4O4S. The van der Waals surface area contributed by atoms with Gasteiger partial charge in [0.2, 0.25) is 0 Å². The molecule has 2 aromatic rings. The number of nitrogens with zero attached hydrogens (tertiary/aromatic N) is 2. The fourth-order valence-electron chi connectivity index (χ4n) is 2.61. The van der Waals surface area contributed by atoms with Gasteiger partial charge in [-0.25, -0.2) is 9.78 Å². The van der Waals surface area contributed by atoms with Crippen LogP contribution in [0, 0.1) is 6.92 Å². The van der Waals surface area contributed by atoms with Gasteiger partial charge in [-0.1, -0.05) is 0 Å². The lowest BCUT2D eigenvalue weighted by Gasteiger charge is -2.12. The number of amides is 4. The molecule has 9 heteroatoms. The van der Waals surface area contributed by atoms with E-state index in [1.54, 1.807) is 19.2 Å². The second-order valence-corrected chi connectivity index (χ2v) is 6.60. The van der Waals surface area contributed by atoms with Crippen LogP contribution in [0.1, 0.15) is 32.8 Å². The van der Waals surface area contributed by atoms with Crippen molar-refractivity contribution >= 4 is 40.0 Å². The molecule has 136 valence electrons. The summed E-state index contributed by atoms with van der Waals surface area (Å²) in [5, 5.41) is 7.58. The Kier molecular flexibility index (Phi) is 5.29. The first-order valence-electron chi connectivity index (χ1n) is 7.99. The summed E-state index contributed by atoms with van der Waals surface area (Å²) in [5.74, 6) is -0.684. The molecule has 0 bridgehead atoms.